The molecule has 0 bridgehead atoms. The first-order valence-electron chi connectivity index (χ1n) is 7.77. The zero-order chi connectivity index (χ0) is 15.9. The lowest BCUT2D eigenvalue weighted by Gasteiger charge is -2.30. The van der Waals surface area contributed by atoms with Gasteiger partial charge in [0.05, 0.1) is 32.8 Å². The van der Waals surface area contributed by atoms with Crippen molar-refractivity contribution in [1.82, 2.24) is 4.90 Å². The Hall–Kier alpha value is -1.59. The van der Waals surface area contributed by atoms with Gasteiger partial charge in [-0.15, -0.1) is 0 Å². The zero-order valence-electron chi connectivity index (χ0n) is 13.6. The van der Waals surface area contributed by atoms with Gasteiger partial charge in [-0.2, -0.15) is 0 Å². The van der Waals surface area contributed by atoms with Crippen LogP contribution in [0.15, 0.2) is 18.2 Å². The minimum absolute atomic E-state index is 0.150. The molecule has 0 amide bonds. The van der Waals surface area contributed by atoms with E-state index in [4.69, 9.17) is 14.2 Å². The third-order valence-electron chi connectivity index (χ3n) is 3.93. The average Bonchev–Trinajstić information content (AvgIpc) is 2.54. The Balaban J connectivity index is 2.18. The molecular formula is C17H25NO4. The monoisotopic (exact) mass is 307 g/mol. The van der Waals surface area contributed by atoms with Crippen LogP contribution in [-0.2, 0) is 9.53 Å². The number of hydrogen-bond acceptors (Lipinski definition) is 5. The number of methoxy groups -OCH3 is 1. The first-order valence-corrected chi connectivity index (χ1v) is 7.77. The van der Waals surface area contributed by atoms with Crippen LogP contribution in [0.25, 0.3) is 0 Å². The van der Waals surface area contributed by atoms with Crippen molar-refractivity contribution >= 4 is 5.78 Å². The van der Waals surface area contributed by atoms with Gasteiger partial charge in [0, 0.05) is 19.6 Å². The van der Waals surface area contributed by atoms with Crippen molar-refractivity contribution in [1.29, 1.82) is 0 Å². The van der Waals surface area contributed by atoms with E-state index in [1.54, 1.807) is 14.0 Å². The fraction of sp³-hybridized carbons (Fsp3) is 0.588. The second kappa shape index (κ2) is 8.15. The van der Waals surface area contributed by atoms with Gasteiger partial charge < -0.3 is 14.2 Å². The lowest BCUT2D eigenvalue weighted by Crippen LogP contribution is -2.40. The van der Waals surface area contributed by atoms with Crippen molar-refractivity contribution in [3.8, 4) is 11.5 Å². The van der Waals surface area contributed by atoms with E-state index in [-0.39, 0.29) is 11.7 Å². The fourth-order valence-corrected chi connectivity index (χ4v) is 2.69. The van der Waals surface area contributed by atoms with E-state index in [0.717, 1.165) is 38.4 Å². The van der Waals surface area contributed by atoms with Gasteiger partial charge in [0.25, 0.3) is 0 Å². The molecule has 5 nitrogen and oxygen atoms in total. The van der Waals surface area contributed by atoms with Gasteiger partial charge in [-0.05, 0) is 31.5 Å². The highest BCUT2D eigenvalue weighted by atomic mass is 16.5. The molecule has 1 aromatic rings. The van der Waals surface area contributed by atoms with Crippen LogP contribution in [0.1, 0.15) is 25.3 Å². The lowest BCUT2D eigenvalue weighted by atomic mass is 9.94. The van der Waals surface area contributed by atoms with Gasteiger partial charge in [0.15, 0.2) is 11.5 Å². The molecule has 1 saturated heterocycles. The molecule has 1 fully saturated rings. The van der Waals surface area contributed by atoms with Crippen LogP contribution in [-0.4, -0.2) is 57.2 Å². The lowest BCUT2D eigenvalue weighted by molar-refractivity contribution is -0.119. The number of ether oxygens (including phenoxy) is 3. The van der Waals surface area contributed by atoms with Crippen LogP contribution in [0.5, 0.6) is 11.5 Å². The third kappa shape index (κ3) is 4.21. The highest BCUT2D eigenvalue weighted by Gasteiger charge is 2.23. The highest BCUT2D eigenvalue weighted by molar-refractivity contribution is 5.83. The number of Topliss-reactive ketones (excluding diaryl/α,β-unsaturated/α-hetero) is 1. The molecule has 1 atom stereocenters. The van der Waals surface area contributed by atoms with Crippen LogP contribution in [0, 0.1) is 0 Å². The fourth-order valence-electron chi connectivity index (χ4n) is 2.69. The van der Waals surface area contributed by atoms with Crippen LogP contribution >= 0.6 is 0 Å². The number of rotatable bonds is 7. The van der Waals surface area contributed by atoms with E-state index >= 15 is 0 Å². The van der Waals surface area contributed by atoms with Crippen LogP contribution < -0.4 is 9.47 Å². The average molecular weight is 307 g/mol. The largest absolute Gasteiger partial charge is 0.493 e. The van der Waals surface area contributed by atoms with E-state index in [2.05, 4.69) is 4.90 Å². The standard InChI is InChI=1S/C17H25NO4/c1-4-22-16-6-5-14(11-17(16)20-3)15(13(2)19)12-18-7-9-21-10-8-18/h5-6,11,15H,4,7-10,12H2,1-3H3. The third-order valence-corrected chi connectivity index (χ3v) is 3.93. The Morgan fingerprint density at radius 2 is 2.05 bits per heavy atom. The number of carbonyl (C=O) groups excluding carboxylic acids is 1. The summed E-state index contributed by atoms with van der Waals surface area (Å²) in [6.07, 6.45) is 0. The summed E-state index contributed by atoms with van der Waals surface area (Å²) in [5.41, 5.74) is 0.972. The molecule has 1 aromatic carbocycles. The molecule has 0 radical (unpaired) electrons. The van der Waals surface area contributed by atoms with Gasteiger partial charge in [-0.25, -0.2) is 0 Å². The first-order chi connectivity index (χ1) is 10.7. The number of hydrogen-bond donors (Lipinski definition) is 0. The first kappa shape index (κ1) is 16.8. The van der Waals surface area contributed by atoms with Crippen molar-refractivity contribution < 1.29 is 19.0 Å². The maximum Gasteiger partial charge on any atom is 0.161 e. The molecule has 1 aliphatic rings. The topological polar surface area (TPSA) is 48.0 Å². The summed E-state index contributed by atoms with van der Waals surface area (Å²) < 4.78 is 16.3. The Labute approximate surface area is 132 Å². The second-order valence-corrected chi connectivity index (χ2v) is 5.42. The molecule has 22 heavy (non-hydrogen) atoms. The molecule has 5 heteroatoms. The van der Waals surface area contributed by atoms with Crippen molar-refractivity contribution in [2.24, 2.45) is 0 Å². The number of benzene rings is 1. The Morgan fingerprint density at radius 3 is 2.64 bits per heavy atom. The Kier molecular flexibility index (Phi) is 6.21. The van der Waals surface area contributed by atoms with Crippen LogP contribution in [0.2, 0.25) is 0 Å². The van der Waals surface area contributed by atoms with Gasteiger partial charge >= 0.3 is 0 Å². The van der Waals surface area contributed by atoms with Crippen molar-refractivity contribution in [2.75, 3.05) is 46.6 Å². The molecule has 1 aliphatic heterocycles. The van der Waals surface area contributed by atoms with Gasteiger partial charge in [-0.3, -0.25) is 9.69 Å². The summed E-state index contributed by atoms with van der Waals surface area (Å²) in [6.45, 7) is 8.10. The second-order valence-electron chi connectivity index (χ2n) is 5.42. The predicted molar refractivity (Wildman–Crippen MR) is 84.8 cm³/mol. The predicted octanol–water partition coefficient (Wildman–Crippen LogP) is 2.10. The van der Waals surface area contributed by atoms with E-state index in [0.29, 0.717) is 18.1 Å². The zero-order valence-corrected chi connectivity index (χ0v) is 13.6. The van der Waals surface area contributed by atoms with Crippen LogP contribution in [0.4, 0.5) is 0 Å². The number of carbonyl (C=O) groups is 1. The highest BCUT2D eigenvalue weighted by Crippen LogP contribution is 2.31. The van der Waals surface area contributed by atoms with E-state index in [1.807, 2.05) is 25.1 Å². The van der Waals surface area contributed by atoms with Crippen molar-refractivity contribution in [3.63, 3.8) is 0 Å². The maximum absolute atomic E-state index is 12.1. The minimum Gasteiger partial charge on any atom is -0.493 e. The van der Waals surface area contributed by atoms with Crippen molar-refractivity contribution in [3.05, 3.63) is 23.8 Å². The van der Waals surface area contributed by atoms with Crippen LogP contribution in [0.3, 0.4) is 0 Å². The molecule has 0 aromatic heterocycles. The summed E-state index contributed by atoms with van der Waals surface area (Å²) in [5.74, 6) is 1.40. The number of morpholine rings is 1. The molecular weight excluding hydrogens is 282 g/mol. The number of ketones is 1. The Bertz CT molecular complexity index is 497. The molecule has 122 valence electrons. The summed E-state index contributed by atoms with van der Waals surface area (Å²) >= 11 is 0. The summed E-state index contributed by atoms with van der Waals surface area (Å²) in [6, 6.07) is 5.75. The molecule has 0 aliphatic carbocycles. The molecule has 1 unspecified atom stereocenters. The normalized spacial score (nSPS) is 17.0. The SMILES string of the molecule is CCOc1ccc(C(CN2CCOCC2)C(C)=O)cc1OC. The summed E-state index contributed by atoms with van der Waals surface area (Å²) in [5, 5.41) is 0. The maximum atomic E-state index is 12.1. The van der Waals surface area contributed by atoms with Gasteiger partial charge in [0.2, 0.25) is 0 Å². The van der Waals surface area contributed by atoms with E-state index in [9.17, 15) is 4.79 Å². The molecule has 2 rings (SSSR count). The summed E-state index contributed by atoms with van der Waals surface area (Å²) in [4.78, 5) is 14.4. The van der Waals surface area contributed by atoms with Gasteiger partial charge in [0.1, 0.15) is 5.78 Å². The Morgan fingerprint density at radius 1 is 1.32 bits per heavy atom. The van der Waals surface area contributed by atoms with Gasteiger partial charge in [-0.1, -0.05) is 6.07 Å². The summed E-state index contributed by atoms with van der Waals surface area (Å²) in [7, 11) is 1.62. The van der Waals surface area contributed by atoms with Crippen molar-refractivity contribution in [2.45, 2.75) is 19.8 Å². The van der Waals surface area contributed by atoms with E-state index < -0.39 is 0 Å². The quantitative estimate of drug-likeness (QED) is 0.772. The smallest absolute Gasteiger partial charge is 0.161 e. The van der Waals surface area contributed by atoms with E-state index in [1.165, 1.54) is 0 Å². The molecule has 0 saturated carbocycles. The molecule has 0 spiro atoms. The molecule has 0 N–H and O–H groups in total. The molecule has 1 heterocycles. The number of nitrogens with zero attached hydrogens (tertiary/aromatic N) is 1. The minimum atomic E-state index is -0.150.